The first-order chi connectivity index (χ1) is 8.86. The lowest BCUT2D eigenvalue weighted by Gasteiger charge is -2.19. The van der Waals surface area contributed by atoms with Crippen LogP contribution in [0, 0.1) is 10.1 Å². The van der Waals surface area contributed by atoms with Gasteiger partial charge >= 0.3 is 0 Å². The van der Waals surface area contributed by atoms with Crippen molar-refractivity contribution in [2.45, 2.75) is 13.0 Å². The quantitative estimate of drug-likeness (QED) is 0.636. The fourth-order valence-electron chi connectivity index (χ4n) is 1.66. The van der Waals surface area contributed by atoms with Gasteiger partial charge in [0.2, 0.25) is 0 Å². The second kappa shape index (κ2) is 6.14. The zero-order valence-electron chi connectivity index (χ0n) is 11.0. The number of nitro benzene ring substituents is 1. The van der Waals surface area contributed by atoms with Gasteiger partial charge in [-0.2, -0.15) is 0 Å². The molecule has 0 saturated carbocycles. The van der Waals surface area contributed by atoms with Gasteiger partial charge in [-0.05, 0) is 13.0 Å². The van der Waals surface area contributed by atoms with E-state index in [-0.39, 0.29) is 23.5 Å². The van der Waals surface area contributed by atoms with Crippen molar-refractivity contribution >= 4 is 11.6 Å². The van der Waals surface area contributed by atoms with Crippen molar-refractivity contribution < 1.29 is 19.6 Å². The maximum absolute atomic E-state index is 12.1. The molecule has 0 heterocycles. The van der Waals surface area contributed by atoms with Crippen molar-refractivity contribution in [2.75, 3.05) is 20.7 Å². The molecule has 0 saturated heterocycles. The highest BCUT2D eigenvalue weighted by atomic mass is 16.6. The van der Waals surface area contributed by atoms with Crippen molar-refractivity contribution in [3.63, 3.8) is 0 Å². The summed E-state index contributed by atoms with van der Waals surface area (Å²) in [5.41, 5.74) is -0.0885. The molecule has 104 valence electrons. The molecule has 1 aromatic carbocycles. The van der Waals surface area contributed by atoms with Crippen LogP contribution in [0.15, 0.2) is 18.2 Å². The number of aliphatic hydroxyl groups excluding tert-OH is 1. The van der Waals surface area contributed by atoms with Crippen LogP contribution < -0.4 is 4.74 Å². The number of hydrogen-bond acceptors (Lipinski definition) is 5. The lowest BCUT2D eigenvalue weighted by Crippen LogP contribution is -2.33. The molecule has 0 bridgehead atoms. The van der Waals surface area contributed by atoms with Crippen LogP contribution in [0.5, 0.6) is 5.75 Å². The number of non-ortho nitro benzene ring substituents is 1. The standard InChI is InChI=1S/C12H16N2O5/c1-8(15)7-13(2)12(16)10-6-9(14(17)18)4-5-11(10)19-3/h4-6,8,15H,7H2,1-3H3. The lowest BCUT2D eigenvalue weighted by atomic mass is 10.1. The van der Waals surface area contributed by atoms with Gasteiger partial charge in [0.1, 0.15) is 5.75 Å². The fraction of sp³-hybridized carbons (Fsp3) is 0.417. The molecule has 0 aromatic heterocycles. The van der Waals surface area contributed by atoms with Crippen molar-refractivity contribution in [1.29, 1.82) is 0 Å². The predicted octanol–water partition coefficient (Wildman–Crippen LogP) is 1.06. The maximum Gasteiger partial charge on any atom is 0.270 e. The van der Waals surface area contributed by atoms with Gasteiger partial charge in [0.15, 0.2) is 0 Å². The molecule has 7 heteroatoms. The number of nitro groups is 1. The van der Waals surface area contributed by atoms with E-state index in [1.165, 1.54) is 37.3 Å². The number of hydrogen-bond donors (Lipinski definition) is 1. The van der Waals surface area contributed by atoms with Crippen LogP contribution in [0.3, 0.4) is 0 Å². The Morgan fingerprint density at radius 2 is 2.21 bits per heavy atom. The number of nitrogens with zero attached hydrogens (tertiary/aromatic N) is 2. The number of aliphatic hydroxyl groups is 1. The number of ether oxygens (including phenoxy) is 1. The largest absolute Gasteiger partial charge is 0.496 e. The van der Waals surface area contributed by atoms with Gasteiger partial charge in [0.25, 0.3) is 11.6 Å². The molecular formula is C12H16N2O5. The van der Waals surface area contributed by atoms with E-state index in [0.717, 1.165) is 0 Å². The third kappa shape index (κ3) is 3.65. The Hall–Kier alpha value is -2.15. The summed E-state index contributed by atoms with van der Waals surface area (Å²) in [7, 11) is 2.89. The smallest absolute Gasteiger partial charge is 0.270 e. The summed E-state index contributed by atoms with van der Waals surface area (Å²) in [4.78, 5) is 23.6. The minimum atomic E-state index is -0.682. The van der Waals surface area contributed by atoms with Gasteiger partial charge in [0.05, 0.1) is 23.7 Å². The molecule has 0 spiro atoms. The highest BCUT2D eigenvalue weighted by molar-refractivity contribution is 5.97. The maximum atomic E-state index is 12.1. The Kier molecular flexibility index (Phi) is 4.82. The molecule has 7 nitrogen and oxygen atoms in total. The summed E-state index contributed by atoms with van der Waals surface area (Å²) in [6.07, 6.45) is -0.682. The van der Waals surface area contributed by atoms with E-state index in [0.29, 0.717) is 0 Å². The normalized spacial score (nSPS) is 11.8. The molecule has 19 heavy (non-hydrogen) atoms. The molecular weight excluding hydrogens is 252 g/mol. The van der Waals surface area contributed by atoms with Crippen LogP contribution in [0.1, 0.15) is 17.3 Å². The first kappa shape index (κ1) is 14.9. The van der Waals surface area contributed by atoms with Gasteiger partial charge in [-0.15, -0.1) is 0 Å². The van der Waals surface area contributed by atoms with Crippen LogP contribution in [0.2, 0.25) is 0 Å². The lowest BCUT2D eigenvalue weighted by molar-refractivity contribution is -0.384. The number of benzene rings is 1. The predicted molar refractivity (Wildman–Crippen MR) is 68.3 cm³/mol. The molecule has 1 rings (SSSR count). The van der Waals surface area contributed by atoms with Crippen molar-refractivity contribution in [3.8, 4) is 5.75 Å². The first-order valence-corrected chi connectivity index (χ1v) is 5.62. The van der Waals surface area contributed by atoms with Gasteiger partial charge in [0, 0.05) is 25.7 Å². The molecule has 0 aliphatic rings. The fourth-order valence-corrected chi connectivity index (χ4v) is 1.66. The molecule has 1 amide bonds. The highest BCUT2D eigenvalue weighted by Gasteiger charge is 2.21. The van der Waals surface area contributed by atoms with E-state index in [4.69, 9.17) is 4.74 Å². The Morgan fingerprint density at radius 1 is 1.58 bits per heavy atom. The van der Waals surface area contributed by atoms with E-state index in [1.807, 2.05) is 0 Å². The number of amides is 1. The van der Waals surface area contributed by atoms with Gasteiger partial charge in [-0.1, -0.05) is 0 Å². The minimum absolute atomic E-state index is 0.0971. The zero-order valence-corrected chi connectivity index (χ0v) is 11.0. The van der Waals surface area contributed by atoms with E-state index in [1.54, 1.807) is 6.92 Å². The summed E-state index contributed by atoms with van der Waals surface area (Å²) >= 11 is 0. The number of rotatable bonds is 5. The summed E-state index contributed by atoms with van der Waals surface area (Å²) in [6, 6.07) is 3.81. The Bertz CT molecular complexity index is 487. The summed E-state index contributed by atoms with van der Waals surface area (Å²) < 4.78 is 5.02. The van der Waals surface area contributed by atoms with Gasteiger partial charge < -0.3 is 14.7 Å². The molecule has 0 radical (unpaired) electrons. The number of methoxy groups -OCH3 is 1. The third-order valence-electron chi connectivity index (χ3n) is 2.51. The molecule has 1 unspecified atom stereocenters. The third-order valence-corrected chi connectivity index (χ3v) is 2.51. The van der Waals surface area contributed by atoms with E-state index >= 15 is 0 Å². The summed E-state index contributed by atoms with van der Waals surface area (Å²) in [5, 5.41) is 20.0. The topological polar surface area (TPSA) is 92.9 Å². The Balaban J connectivity index is 3.12. The first-order valence-electron chi connectivity index (χ1n) is 5.62. The van der Waals surface area contributed by atoms with Gasteiger partial charge in [-0.3, -0.25) is 14.9 Å². The molecule has 1 N–H and O–H groups in total. The second-order valence-corrected chi connectivity index (χ2v) is 4.18. The van der Waals surface area contributed by atoms with Gasteiger partial charge in [-0.25, -0.2) is 0 Å². The Labute approximate surface area is 110 Å². The SMILES string of the molecule is COc1ccc([N+](=O)[O-])cc1C(=O)N(C)CC(C)O. The van der Waals surface area contributed by atoms with E-state index in [9.17, 15) is 20.0 Å². The zero-order chi connectivity index (χ0) is 14.6. The average molecular weight is 268 g/mol. The molecule has 0 aliphatic carbocycles. The number of carbonyl (C=O) groups excluding carboxylic acids is 1. The monoisotopic (exact) mass is 268 g/mol. The van der Waals surface area contributed by atoms with Crippen LogP contribution in [0.25, 0.3) is 0 Å². The van der Waals surface area contributed by atoms with Crippen molar-refractivity contribution in [1.82, 2.24) is 4.90 Å². The van der Waals surface area contributed by atoms with Crippen LogP contribution in [-0.4, -0.2) is 47.6 Å². The summed E-state index contributed by atoms with van der Waals surface area (Å²) in [5.74, 6) is -0.186. The molecule has 1 aromatic rings. The summed E-state index contributed by atoms with van der Waals surface area (Å²) in [6.45, 7) is 1.68. The van der Waals surface area contributed by atoms with Crippen LogP contribution in [-0.2, 0) is 0 Å². The van der Waals surface area contributed by atoms with Crippen LogP contribution >= 0.6 is 0 Å². The van der Waals surface area contributed by atoms with E-state index < -0.39 is 16.9 Å². The molecule has 0 aliphatic heterocycles. The number of carbonyl (C=O) groups is 1. The molecule has 1 atom stereocenters. The number of likely N-dealkylation sites (N-methyl/N-ethyl adjacent to an activating group) is 1. The van der Waals surface area contributed by atoms with E-state index in [2.05, 4.69) is 0 Å². The van der Waals surface area contributed by atoms with Crippen molar-refractivity contribution in [3.05, 3.63) is 33.9 Å². The highest BCUT2D eigenvalue weighted by Crippen LogP contribution is 2.25. The van der Waals surface area contributed by atoms with Crippen molar-refractivity contribution in [2.24, 2.45) is 0 Å². The van der Waals surface area contributed by atoms with Crippen LogP contribution in [0.4, 0.5) is 5.69 Å². The average Bonchev–Trinajstić information content (AvgIpc) is 2.36. The Morgan fingerprint density at radius 3 is 2.68 bits per heavy atom. The minimum Gasteiger partial charge on any atom is -0.496 e. The molecule has 0 fully saturated rings. The second-order valence-electron chi connectivity index (χ2n) is 4.18.